The van der Waals surface area contributed by atoms with Crippen molar-refractivity contribution in [2.75, 3.05) is 18.0 Å². The Bertz CT molecular complexity index is 1230. The number of pyridine rings is 1. The van der Waals surface area contributed by atoms with Crippen LogP contribution in [0.4, 0.5) is 10.5 Å². The van der Waals surface area contributed by atoms with Gasteiger partial charge in [0.1, 0.15) is 5.82 Å². The van der Waals surface area contributed by atoms with Crippen LogP contribution in [0, 0.1) is 5.41 Å². The second-order valence-corrected chi connectivity index (χ2v) is 10.5. The molecule has 8 nitrogen and oxygen atoms in total. The third-order valence-corrected chi connectivity index (χ3v) is 7.35. The average Bonchev–Trinajstić information content (AvgIpc) is 3.07. The van der Waals surface area contributed by atoms with Gasteiger partial charge in [-0.2, -0.15) is 0 Å². The number of carbonyl (C=O) groups excluding carboxylic acids is 1. The summed E-state index contributed by atoms with van der Waals surface area (Å²) in [4.78, 5) is 21.1. The molecule has 2 fully saturated rings. The van der Waals surface area contributed by atoms with Crippen LogP contribution in [0.15, 0.2) is 42.7 Å². The molecule has 1 amide bonds. The largest absolute Gasteiger partial charge is 0.447 e. The predicted molar refractivity (Wildman–Crippen MR) is 128 cm³/mol. The Morgan fingerprint density at radius 3 is 2.74 bits per heavy atom. The van der Waals surface area contributed by atoms with Crippen LogP contribution in [-0.4, -0.2) is 49.9 Å². The first kappa shape index (κ1) is 21.4. The molecule has 0 unspecified atom stereocenters. The van der Waals surface area contributed by atoms with Crippen LogP contribution >= 0.6 is 11.6 Å². The number of rotatable bonds is 3. The first-order valence-electron chi connectivity index (χ1n) is 11.7. The average molecular weight is 479 g/mol. The van der Waals surface area contributed by atoms with Gasteiger partial charge in [0.15, 0.2) is 5.82 Å². The number of anilines is 1. The minimum Gasteiger partial charge on any atom is -0.447 e. The van der Waals surface area contributed by atoms with Crippen molar-refractivity contribution in [3.63, 3.8) is 0 Å². The Morgan fingerprint density at radius 1 is 1.18 bits per heavy atom. The fourth-order valence-electron chi connectivity index (χ4n) is 5.61. The molecule has 1 saturated heterocycles. The Hall–Kier alpha value is -3.13. The molecule has 4 heterocycles. The van der Waals surface area contributed by atoms with Crippen molar-refractivity contribution >= 4 is 23.4 Å². The Labute approximate surface area is 203 Å². The topological polar surface area (TPSA) is 76.4 Å². The van der Waals surface area contributed by atoms with Crippen LogP contribution in [0.2, 0.25) is 5.02 Å². The predicted octanol–water partition coefficient (Wildman–Crippen LogP) is 4.56. The van der Waals surface area contributed by atoms with Gasteiger partial charge in [0.05, 0.1) is 36.8 Å². The normalized spacial score (nSPS) is 18.7. The number of aromatic nitrogens is 4. The minimum atomic E-state index is -0.355. The molecular formula is C25H27ClN6O2. The van der Waals surface area contributed by atoms with E-state index in [1.54, 1.807) is 4.90 Å². The lowest BCUT2D eigenvalue weighted by Crippen LogP contribution is -2.62. The van der Waals surface area contributed by atoms with Gasteiger partial charge in [-0.1, -0.05) is 11.6 Å². The number of hydrogen-bond donors (Lipinski definition) is 0. The van der Waals surface area contributed by atoms with Crippen molar-refractivity contribution in [3.8, 4) is 5.69 Å². The van der Waals surface area contributed by atoms with Crippen molar-refractivity contribution in [2.24, 2.45) is 5.41 Å². The molecule has 176 valence electrons. The maximum atomic E-state index is 12.8. The maximum absolute atomic E-state index is 12.8. The van der Waals surface area contributed by atoms with E-state index in [4.69, 9.17) is 16.3 Å². The van der Waals surface area contributed by atoms with Crippen molar-refractivity contribution < 1.29 is 9.53 Å². The molecule has 0 N–H and O–H groups in total. The number of hydrogen-bond acceptors (Lipinski definition) is 6. The molecule has 3 aromatic rings. The number of nitrogens with zero attached hydrogens (tertiary/aromatic N) is 6. The maximum Gasteiger partial charge on any atom is 0.410 e. The molecule has 1 aliphatic carbocycles. The van der Waals surface area contributed by atoms with Crippen molar-refractivity contribution in [1.29, 1.82) is 0 Å². The Balaban J connectivity index is 1.25. The van der Waals surface area contributed by atoms with E-state index in [1.165, 1.54) is 5.69 Å². The van der Waals surface area contributed by atoms with Gasteiger partial charge in [0, 0.05) is 35.6 Å². The number of carbonyl (C=O) groups is 1. The van der Waals surface area contributed by atoms with Crippen molar-refractivity contribution in [3.05, 3.63) is 65.0 Å². The second-order valence-electron chi connectivity index (χ2n) is 10.0. The van der Waals surface area contributed by atoms with Gasteiger partial charge in [0.2, 0.25) is 0 Å². The van der Waals surface area contributed by atoms with Gasteiger partial charge < -0.3 is 9.64 Å². The van der Waals surface area contributed by atoms with Crippen molar-refractivity contribution in [1.82, 2.24) is 24.6 Å². The SMILES string of the molecule is CC(C)OC(=O)N1Cc2cc(Cl)ccc2-n2c(nnc2C2CC3(C2)CN(c2cccnc2)C3)C1. The lowest BCUT2D eigenvalue weighted by Gasteiger charge is -2.59. The molecule has 0 atom stereocenters. The third kappa shape index (κ3) is 3.60. The van der Waals surface area contributed by atoms with E-state index >= 15 is 0 Å². The standard InChI is InChI=1S/C25H27ClN6O2/c1-16(2)34-24(33)30-12-17-8-19(26)5-6-21(17)32-22(13-30)28-29-23(32)18-9-25(10-18)14-31(15-25)20-4-3-7-27-11-20/h3-8,11,16,18H,9-10,12-15H2,1-2H3. The monoisotopic (exact) mass is 478 g/mol. The summed E-state index contributed by atoms with van der Waals surface area (Å²) in [6.07, 6.45) is 5.37. The minimum absolute atomic E-state index is 0.192. The summed E-state index contributed by atoms with van der Waals surface area (Å²) >= 11 is 6.33. The van der Waals surface area contributed by atoms with E-state index in [-0.39, 0.29) is 12.2 Å². The summed E-state index contributed by atoms with van der Waals surface area (Å²) in [5.41, 5.74) is 3.49. The van der Waals surface area contributed by atoms with Crippen LogP contribution < -0.4 is 4.90 Å². The highest BCUT2D eigenvalue weighted by Crippen LogP contribution is 2.56. The van der Waals surface area contributed by atoms with E-state index in [1.807, 2.05) is 50.5 Å². The zero-order valence-electron chi connectivity index (χ0n) is 19.3. The highest BCUT2D eigenvalue weighted by atomic mass is 35.5. The van der Waals surface area contributed by atoms with Crippen LogP contribution in [0.1, 0.15) is 49.8 Å². The molecule has 1 aromatic carbocycles. The lowest BCUT2D eigenvalue weighted by atomic mass is 9.57. The number of ether oxygens (including phenoxy) is 1. The fraction of sp³-hybridized carbons (Fsp3) is 0.440. The van der Waals surface area contributed by atoms with Crippen LogP contribution in [0.5, 0.6) is 0 Å². The molecule has 34 heavy (non-hydrogen) atoms. The van der Waals surface area contributed by atoms with E-state index in [0.717, 1.165) is 48.8 Å². The molecular weight excluding hydrogens is 452 g/mol. The number of benzene rings is 1. The molecule has 9 heteroatoms. The molecule has 6 rings (SSSR count). The Kier molecular flexibility index (Phi) is 5.02. The van der Waals surface area contributed by atoms with Crippen LogP contribution in [-0.2, 0) is 17.8 Å². The van der Waals surface area contributed by atoms with E-state index in [2.05, 4.69) is 30.7 Å². The first-order valence-corrected chi connectivity index (χ1v) is 12.1. The highest BCUT2D eigenvalue weighted by Gasteiger charge is 2.54. The number of amides is 1. The summed E-state index contributed by atoms with van der Waals surface area (Å²) in [6.45, 7) is 6.57. The summed E-state index contributed by atoms with van der Waals surface area (Å²) in [5.74, 6) is 2.07. The van der Waals surface area contributed by atoms with E-state index < -0.39 is 0 Å². The smallest absolute Gasteiger partial charge is 0.410 e. The summed E-state index contributed by atoms with van der Waals surface area (Å²) in [5, 5.41) is 9.78. The van der Waals surface area contributed by atoms with Gasteiger partial charge in [-0.25, -0.2) is 4.79 Å². The van der Waals surface area contributed by atoms with Gasteiger partial charge in [-0.3, -0.25) is 14.5 Å². The van der Waals surface area contributed by atoms with E-state index in [9.17, 15) is 4.79 Å². The molecule has 0 bridgehead atoms. The zero-order chi connectivity index (χ0) is 23.4. The first-order chi connectivity index (χ1) is 16.4. The Morgan fingerprint density at radius 2 is 2.00 bits per heavy atom. The molecule has 1 saturated carbocycles. The van der Waals surface area contributed by atoms with Gasteiger partial charge in [-0.15, -0.1) is 10.2 Å². The number of halogens is 1. The fourth-order valence-corrected chi connectivity index (χ4v) is 5.80. The number of fused-ring (bicyclic) bond motifs is 3. The highest BCUT2D eigenvalue weighted by molar-refractivity contribution is 6.30. The third-order valence-electron chi connectivity index (χ3n) is 7.11. The molecule has 2 aromatic heterocycles. The summed E-state index contributed by atoms with van der Waals surface area (Å²) in [6, 6.07) is 9.92. The van der Waals surface area contributed by atoms with Crippen molar-refractivity contribution in [2.45, 2.75) is 51.8 Å². The van der Waals surface area contributed by atoms with Crippen LogP contribution in [0.3, 0.4) is 0 Å². The quantitative estimate of drug-likeness (QED) is 0.549. The molecule has 0 radical (unpaired) electrons. The van der Waals surface area contributed by atoms with Crippen LogP contribution in [0.25, 0.3) is 5.69 Å². The molecule has 2 aliphatic heterocycles. The lowest BCUT2D eigenvalue weighted by molar-refractivity contribution is 0.0587. The van der Waals surface area contributed by atoms with Gasteiger partial charge in [0.25, 0.3) is 0 Å². The van der Waals surface area contributed by atoms with E-state index in [0.29, 0.717) is 29.4 Å². The molecule has 3 aliphatic rings. The van der Waals surface area contributed by atoms with Gasteiger partial charge in [-0.05, 0) is 62.6 Å². The second kappa shape index (κ2) is 7.98. The zero-order valence-corrected chi connectivity index (χ0v) is 20.1. The summed E-state index contributed by atoms with van der Waals surface area (Å²) in [7, 11) is 0. The molecule has 1 spiro atoms. The summed E-state index contributed by atoms with van der Waals surface area (Å²) < 4.78 is 7.62. The van der Waals surface area contributed by atoms with Gasteiger partial charge >= 0.3 is 6.09 Å².